The standard InChI is InChI=1S/C5H3N3OS/c9-4-6-3-8-1-2-10-5(8)7-4/h1-3H. The molecule has 2 aromatic rings. The Labute approximate surface area is 59.8 Å². The number of thiazole rings is 1. The van der Waals surface area contributed by atoms with E-state index in [1.807, 2.05) is 5.38 Å². The van der Waals surface area contributed by atoms with Crippen LogP contribution >= 0.6 is 11.3 Å². The van der Waals surface area contributed by atoms with Crippen molar-refractivity contribution >= 4 is 16.3 Å². The first-order valence-electron chi connectivity index (χ1n) is 2.65. The Morgan fingerprint density at radius 1 is 1.60 bits per heavy atom. The van der Waals surface area contributed by atoms with Crippen molar-refractivity contribution < 1.29 is 0 Å². The number of hydrogen-bond acceptors (Lipinski definition) is 4. The quantitative estimate of drug-likeness (QED) is 0.541. The first-order chi connectivity index (χ1) is 4.86. The third kappa shape index (κ3) is 0.714. The molecule has 2 aromatic heterocycles. The van der Waals surface area contributed by atoms with Crippen LogP contribution in [-0.2, 0) is 0 Å². The number of aromatic nitrogens is 3. The molecule has 0 N–H and O–H groups in total. The van der Waals surface area contributed by atoms with Crippen LogP contribution in [0.3, 0.4) is 0 Å². The van der Waals surface area contributed by atoms with Crippen LogP contribution in [0.2, 0.25) is 0 Å². The minimum atomic E-state index is -0.428. The van der Waals surface area contributed by atoms with Gasteiger partial charge in [-0.25, -0.2) is 4.79 Å². The first kappa shape index (κ1) is 5.55. The highest BCUT2D eigenvalue weighted by Gasteiger charge is 1.92. The highest BCUT2D eigenvalue weighted by Crippen LogP contribution is 2.03. The number of fused-ring (bicyclic) bond motifs is 1. The lowest BCUT2D eigenvalue weighted by atomic mass is 10.9. The molecule has 0 radical (unpaired) electrons. The largest absolute Gasteiger partial charge is 0.371 e. The lowest BCUT2D eigenvalue weighted by Crippen LogP contribution is -2.10. The third-order valence-corrected chi connectivity index (χ3v) is 1.87. The van der Waals surface area contributed by atoms with Crippen LogP contribution in [0.1, 0.15) is 0 Å². The molecule has 10 heavy (non-hydrogen) atoms. The van der Waals surface area contributed by atoms with E-state index in [2.05, 4.69) is 9.97 Å². The molecule has 4 nitrogen and oxygen atoms in total. The van der Waals surface area contributed by atoms with E-state index in [0.717, 1.165) is 0 Å². The van der Waals surface area contributed by atoms with Gasteiger partial charge in [0.15, 0.2) is 4.96 Å². The molecule has 0 saturated carbocycles. The fourth-order valence-corrected chi connectivity index (χ4v) is 1.35. The van der Waals surface area contributed by atoms with Gasteiger partial charge in [-0.3, -0.25) is 4.40 Å². The molecule has 5 heteroatoms. The van der Waals surface area contributed by atoms with Gasteiger partial charge in [-0.15, -0.1) is 11.3 Å². The van der Waals surface area contributed by atoms with Crippen LogP contribution in [0.4, 0.5) is 0 Å². The van der Waals surface area contributed by atoms with E-state index >= 15 is 0 Å². The zero-order valence-electron chi connectivity index (χ0n) is 4.89. The third-order valence-electron chi connectivity index (χ3n) is 1.10. The highest BCUT2D eigenvalue weighted by molar-refractivity contribution is 7.15. The Kier molecular flexibility index (Phi) is 1.04. The molecule has 0 aliphatic heterocycles. The molecule has 2 heterocycles. The van der Waals surface area contributed by atoms with Gasteiger partial charge in [0.25, 0.3) is 0 Å². The molecular formula is C5H3N3OS. The monoisotopic (exact) mass is 153 g/mol. The minimum Gasteiger partial charge on any atom is -0.282 e. The first-order valence-corrected chi connectivity index (χ1v) is 3.53. The van der Waals surface area contributed by atoms with E-state index in [1.54, 1.807) is 10.6 Å². The van der Waals surface area contributed by atoms with Crippen LogP contribution < -0.4 is 5.69 Å². The Morgan fingerprint density at radius 3 is 3.40 bits per heavy atom. The molecular weight excluding hydrogens is 150 g/mol. The van der Waals surface area contributed by atoms with E-state index in [-0.39, 0.29) is 0 Å². The molecule has 0 atom stereocenters. The summed E-state index contributed by atoms with van der Waals surface area (Å²) >= 11 is 1.41. The average molecular weight is 153 g/mol. The number of nitrogens with zero attached hydrogens (tertiary/aromatic N) is 3. The van der Waals surface area contributed by atoms with Crippen LogP contribution in [0.15, 0.2) is 22.7 Å². The van der Waals surface area contributed by atoms with Crippen LogP contribution in [0, 0.1) is 0 Å². The predicted molar refractivity (Wildman–Crippen MR) is 37.1 cm³/mol. The van der Waals surface area contributed by atoms with Gasteiger partial charge in [0.1, 0.15) is 6.33 Å². The summed E-state index contributed by atoms with van der Waals surface area (Å²) in [5, 5.41) is 1.85. The van der Waals surface area contributed by atoms with Crippen molar-refractivity contribution in [1.82, 2.24) is 14.4 Å². The second kappa shape index (κ2) is 1.88. The van der Waals surface area contributed by atoms with E-state index in [1.165, 1.54) is 17.7 Å². The Hall–Kier alpha value is -1.23. The smallest absolute Gasteiger partial charge is 0.282 e. The van der Waals surface area contributed by atoms with Crippen molar-refractivity contribution in [3.8, 4) is 0 Å². The summed E-state index contributed by atoms with van der Waals surface area (Å²) in [6.45, 7) is 0. The van der Waals surface area contributed by atoms with Gasteiger partial charge in [0.2, 0.25) is 0 Å². The fourth-order valence-electron chi connectivity index (χ4n) is 0.676. The highest BCUT2D eigenvalue weighted by atomic mass is 32.1. The molecule has 0 unspecified atom stereocenters. The summed E-state index contributed by atoms with van der Waals surface area (Å²) in [5.41, 5.74) is -0.428. The van der Waals surface area contributed by atoms with E-state index in [9.17, 15) is 4.79 Å². The summed E-state index contributed by atoms with van der Waals surface area (Å²) in [7, 11) is 0. The molecule has 0 aromatic carbocycles. The zero-order valence-corrected chi connectivity index (χ0v) is 5.71. The molecule has 0 aliphatic rings. The summed E-state index contributed by atoms with van der Waals surface area (Å²) < 4.78 is 1.70. The van der Waals surface area contributed by atoms with Gasteiger partial charge in [-0.05, 0) is 0 Å². The molecule has 0 aliphatic carbocycles. The summed E-state index contributed by atoms with van der Waals surface area (Å²) in [5.74, 6) is 0. The van der Waals surface area contributed by atoms with Gasteiger partial charge in [-0.2, -0.15) is 9.97 Å². The normalized spacial score (nSPS) is 10.4. The van der Waals surface area contributed by atoms with Gasteiger partial charge >= 0.3 is 5.69 Å². The van der Waals surface area contributed by atoms with Gasteiger partial charge in [-0.1, -0.05) is 0 Å². The minimum absolute atomic E-state index is 0.428. The van der Waals surface area contributed by atoms with E-state index < -0.39 is 5.69 Å². The topological polar surface area (TPSA) is 47.3 Å². The SMILES string of the molecule is O=c1ncn2ccsc2n1. The zero-order chi connectivity index (χ0) is 6.97. The molecule has 0 fully saturated rings. The number of rotatable bonds is 0. The van der Waals surface area contributed by atoms with E-state index in [4.69, 9.17) is 0 Å². The molecule has 0 saturated heterocycles. The lowest BCUT2D eigenvalue weighted by molar-refractivity contribution is 0.982. The van der Waals surface area contributed by atoms with Gasteiger partial charge in [0.05, 0.1) is 0 Å². The Balaban J connectivity index is 2.99. The second-order valence-electron chi connectivity index (χ2n) is 1.73. The van der Waals surface area contributed by atoms with Crippen LogP contribution in [0.5, 0.6) is 0 Å². The van der Waals surface area contributed by atoms with Crippen molar-refractivity contribution in [3.05, 3.63) is 28.4 Å². The van der Waals surface area contributed by atoms with Crippen molar-refractivity contribution in [2.45, 2.75) is 0 Å². The fraction of sp³-hybridized carbons (Fsp3) is 0. The predicted octanol–water partition coefficient (Wildman–Crippen LogP) is 0.151. The van der Waals surface area contributed by atoms with E-state index in [0.29, 0.717) is 4.96 Å². The Morgan fingerprint density at radius 2 is 2.50 bits per heavy atom. The summed E-state index contributed by atoms with van der Waals surface area (Å²) in [6, 6.07) is 0. The second-order valence-corrected chi connectivity index (χ2v) is 2.60. The maximum atomic E-state index is 10.6. The Bertz CT molecular complexity index is 404. The van der Waals surface area contributed by atoms with Crippen molar-refractivity contribution in [2.75, 3.05) is 0 Å². The number of hydrogen-bond donors (Lipinski definition) is 0. The lowest BCUT2D eigenvalue weighted by Gasteiger charge is -1.84. The van der Waals surface area contributed by atoms with Gasteiger partial charge in [0, 0.05) is 11.6 Å². The van der Waals surface area contributed by atoms with Crippen molar-refractivity contribution in [2.24, 2.45) is 0 Å². The van der Waals surface area contributed by atoms with Crippen LogP contribution in [0.25, 0.3) is 4.96 Å². The summed E-state index contributed by atoms with van der Waals surface area (Å²) in [6.07, 6.45) is 3.26. The molecule has 2 rings (SSSR count). The van der Waals surface area contributed by atoms with Crippen molar-refractivity contribution in [1.29, 1.82) is 0 Å². The molecule has 0 spiro atoms. The molecule has 0 bridgehead atoms. The summed E-state index contributed by atoms with van der Waals surface area (Å²) in [4.78, 5) is 18.4. The molecule has 50 valence electrons. The molecule has 0 amide bonds. The van der Waals surface area contributed by atoms with Crippen LogP contribution in [-0.4, -0.2) is 14.4 Å². The average Bonchev–Trinajstić information content (AvgIpc) is 2.33. The maximum absolute atomic E-state index is 10.6. The van der Waals surface area contributed by atoms with Gasteiger partial charge < -0.3 is 0 Å². The van der Waals surface area contributed by atoms with Crippen molar-refractivity contribution in [3.63, 3.8) is 0 Å². The maximum Gasteiger partial charge on any atom is 0.371 e.